The predicted octanol–water partition coefficient (Wildman–Crippen LogP) is 3.25. The van der Waals surface area contributed by atoms with Crippen LogP contribution >= 0.6 is 0 Å². The van der Waals surface area contributed by atoms with Crippen LogP contribution in [0, 0.1) is 24.4 Å². The molecule has 0 aromatic heterocycles. The molecular formula is C14H11F3N2O. The summed E-state index contributed by atoms with van der Waals surface area (Å²) in [5.41, 5.74) is 5.03. The van der Waals surface area contributed by atoms with E-state index in [1.54, 1.807) is 0 Å². The molecule has 2 rings (SSSR count). The molecular weight excluding hydrogens is 269 g/mol. The predicted molar refractivity (Wildman–Crippen MR) is 69.9 cm³/mol. The van der Waals surface area contributed by atoms with Gasteiger partial charge in [0.15, 0.2) is 0 Å². The Bertz CT molecular complexity index is 666. The molecule has 2 aromatic rings. The van der Waals surface area contributed by atoms with Crippen molar-refractivity contribution >= 4 is 17.3 Å². The van der Waals surface area contributed by atoms with Gasteiger partial charge in [-0.2, -0.15) is 0 Å². The van der Waals surface area contributed by atoms with E-state index in [0.717, 1.165) is 12.1 Å². The van der Waals surface area contributed by atoms with Crippen molar-refractivity contribution in [1.82, 2.24) is 0 Å². The highest BCUT2D eigenvalue weighted by molar-refractivity contribution is 6.06. The van der Waals surface area contributed by atoms with Gasteiger partial charge in [0, 0.05) is 6.07 Å². The Morgan fingerprint density at radius 3 is 2.45 bits per heavy atom. The zero-order valence-electron chi connectivity index (χ0n) is 10.5. The van der Waals surface area contributed by atoms with E-state index in [0.29, 0.717) is 6.07 Å². The zero-order chi connectivity index (χ0) is 14.9. The number of halogens is 3. The number of nitrogens with one attached hydrogen (secondary N) is 1. The van der Waals surface area contributed by atoms with E-state index in [1.165, 1.54) is 19.1 Å². The van der Waals surface area contributed by atoms with Crippen molar-refractivity contribution in [2.45, 2.75) is 6.92 Å². The molecule has 0 atom stereocenters. The van der Waals surface area contributed by atoms with Crippen LogP contribution in [-0.4, -0.2) is 5.91 Å². The maximum atomic E-state index is 13.6. The topological polar surface area (TPSA) is 55.1 Å². The van der Waals surface area contributed by atoms with E-state index < -0.39 is 23.4 Å². The average molecular weight is 280 g/mol. The van der Waals surface area contributed by atoms with Crippen LogP contribution in [0.15, 0.2) is 30.3 Å². The van der Waals surface area contributed by atoms with Gasteiger partial charge in [-0.3, -0.25) is 4.79 Å². The summed E-state index contributed by atoms with van der Waals surface area (Å²) < 4.78 is 40.2. The number of carbonyl (C=O) groups is 1. The monoisotopic (exact) mass is 280 g/mol. The molecule has 2 aromatic carbocycles. The second-order valence-electron chi connectivity index (χ2n) is 4.24. The minimum absolute atomic E-state index is 0.0117. The lowest BCUT2D eigenvalue weighted by Crippen LogP contribution is -2.16. The van der Waals surface area contributed by atoms with Crippen LogP contribution in [0.1, 0.15) is 15.9 Å². The highest BCUT2D eigenvalue weighted by atomic mass is 19.1. The minimum atomic E-state index is -1.03. The molecule has 0 radical (unpaired) electrons. The SMILES string of the molecule is Cc1cc(C(=O)Nc2c(N)cccc2F)c(F)cc1F. The van der Waals surface area contributed by atoms with E-state index in [-0.39, 0.29) is 22.5 Å². The second kappa shape index (κ2) is 5.24. The highest BCUT2D eigenvalue weighted by Gasteiger charge is 2.17. The average Bonchev–Trinajstić information content (AvgIpc) is 2.38. The number of para-hydroxylation sites is 1. The summed E-state index contributed by atoms with van der Waals surface area (Å²) >= 11 is 0. The highest BCUT2D eigenvalue weighted by Crippen LogP contribution is 2.23. The Labute approximate surface area is 113 Å². The molecule has 0 aliphatic carbocycles. The minimum Gasteiger partial charge on any atom is -0.397 e. The van der Waals surface area contributed by atoms with Crippen LogP contribution in [0.5, 0.6) is 0 Å². The lowest BCUT2D eigenvalue weighted by molar-refractivity contribution is 0.102. The first kappa shape index (κ1) is 13.9. The van der Waals surface area contributed by atoms with E-state index in [2.05, 4.69) is 5.32 Å². The molecule has 0 bridgehead atoms. The molecule has 1 amide bonds. The summed E-state index contributed by atoms with van der Waals surface area (Å²) in [7, 11) is 0. The van der Waals surface area contributed by atoms with Gasteiger partial charge >= 0.3 is 0 Å². The Hall–Kier alpha value is -2.50. The number of aryl methyl sites for hydroxylation is 1. The molecule has 0 unspecified atom stereocenters. The van der Waals surface area contributed by atoms with Gasteiger partial charge in [-0.15, -0.1) is 0 Å². The zero-order valence-corrected chi connectivity index (χ0v) is 10.5. The van der Waals surface area contributed by atoms with Crippen molar-refractivity contribution < 1.29 is 18.0 Å². The number of hydrogen-bond donors (Lipinski definition) is 2. The van der Waals surface area contributed by atoms with Crippen molar-refractivity contribution in [1.29, 1.82) is 0 Å². The van der Waals surface area contributed by atoms with Crippen molar-refractivity contribution in [3.63, 3.8) is 0 Å². The molecule has 104 valence electrons. The Balaban J connectivity index is 2.36. The van der Waals surface area contributed by atoms with Gasteiger partial charge in [0.1, 0.15) is 23.1 Å². The molecule has 0 saturated heterocycles. The molecule has 0 fully saturated rings. The fourth-order valence-electron chi connectivity index (χ4n) is 1.68. The summed E-state index contributed by atoms with van der Waals surface area (Å²) in [6.07, 6.45) is 0. The summed E-state index contributed by atoms with van der Waals surface area (Å²) in [6, 6.07) is 5.54. The van der Waals surface area contributed by atoms with Crippen LogP contribution in [0.25, 0.3) is 0 Å². The lowest BCUT2D eigenvalue weighted by atomic mass is 10.1. The Kier molecular flexibility index (Phi) is 3.65. The number of anilines is 2. The molecule has 20 heavy (non-hydrogen) atoms. The molecule has 0 aliphatic rings. The quantitative estimate of drug-likeness (QED) is 0.830. The van der Waals surface area contributed by atoms with Gasteiger partial charge in [-0.1, -0.05) is 6.07 Å². The third-order valence-electron chi connectivity index (χ3n) is 2.78. The van der Waals surface area contributed by atoms with Crippen LogP contribution in [0.4, 0.5) is 24.5 Å². The number of nitrogen functional groups attached to an aromatic ring is 1. The molecule has 0 spiro atoms. The van der Waals surface area contributed by atoms with Crippen LogP contribution in [0.3, 0.4) is 0 Å². The number of nitrogens with two attached hydrogens (primary N) is 1. The Morgan fingerprint density at radius 1 is 1.10 bits per heavy atom. The molecule has 0 heterocycles. The van der Waals surface area contributed by atoms with Crippen molar-refractivity contribution in [3.05, 3.63) is 58.9 Å². The van der Waals surface area contributed by atoms with E-state index >= 15 is 0 Å². The molecule has 0 saturated carbocycles. The second-order valence-corrected chi connectivity index (χ2v) is 4.24. The molecule has 0 aliphatic heterocycles. The van der Waals surface area contributed by atoms with Crippen molar-refractivity contribution in [3.8, 4) is 0 Å². The van der Waals surface area contributed by atoms with Gasteiger partial charge in [0.05, 0.1) is 11.3 Å². The van der Waals surface area contributed by atoms with Crippen LogP contribution in [-0.2, 0) is 0 Å². The normalized spacial score (nSPS) is 10.4. The summed E-state index contributed by atoms with van der Waals surface area (Å²) in [5.74, 6) is -3.43. The smallest absolute Gasteiger partial charge is 0.258 e. The maximum absolute atomic E-state index is 13.6. The summed E-state index contributed by atoms with van der Waals surface area (Å²) in [4.78, 5) is 11.9. The van der Waals surface area contributed by atoms with E-state index in [4.69, 9.17) is 5.73 Å². The first-order valence-corrected chi connectivity index (χ1v) is 5.71. The molecule has 3 N–H and O–H groups in total. The summed E-state index contributed by atoms with van der Waals surface area (Å²) in [5, 5.41) is 2.18. The summed E-state index contributed by atoms with van der Waals surface area (Å²) in [6.45, 7) is 1.39. The van der Waals surface area contributed by atoms with Crippen LogP contribution in [0.2, 0.25) is 0 Å². The number of amides is 1. The van der Waals surface area contributed by atoms with Crippen molar-refractivity contribution in [2.75, 3.05) is 11.1 Å². The van der Waals surface area contributed by atoms with Crippen LogP contribution < -0.4 is 11.1 Å². The first-order valence-electron chi connectivity index (χ1n) is 5.71. The molecule has 6 heteroatoms. The third-order valence-corrected chi connectivity index (χ3v) is 2.78. The van der Waals surface area contributed by atoms with E-state index in [9.17, 15) is 18.0 Å². The third kappa shape index (κ3) is 2.59. The fourth-order valence-corrected chi connectivity index (χ4v) is 1.68. The first-order chi connectivity index (χ1) is 9.40. The van der Waals surface area contributed by atoms with Crippen molar-refractivity contribution in [2.24, 2.45) is 0 Å². The largest absolute Gasteiger partial charge is 0.397 e. The number of hydrogen-bond acceptors (Lipinski definition) is 2. The van der Waals surface area contributed by atoms with E-state index in [1.807, 2.05) is 0 Å². The lowest BCUT2D eigenvalue weighted by Gasteiger charge is -2.10. The standard InChI is InChI=1S/C14H11F3N2O/c1-7-5-8(11(17)6-10(7)16)14(20)19-13-9(15)3-2-4-12(13)18/h2-6H,18H2,1H3,(H,19,20). The molecule has 3 nitrogen and oxygen atoms in total. The fraction of sp³-hybridized carbons (Fsp3) is 0.0714. The Morgan fingerprint density at radius 2 is 1.80 bits per heavy atom. The van der Waals surface area contributed by atoms with Gasteiger partial charge in [-0.25, -0.2) is 13.2 Å². The van der Waals surface area contributed by atoms with Gasteiger partial charge in [0.25, 0.3) is 5.91 Å². The number of carbonyl (C=O) groups excluding carboxylic acids is 1. The number of rotatable bonds is 2. The maximum Gasteiger partial charge on any atom is 0.258 e. The van der Waals surface area contributed by atoms with Gasteiger partial charge < -0.3 is 11.1 Å². The van der Waals surface area contributed by atoms with Gasteiger partial charge in [0.2, 0.25) is 0 Å². The van der Waals surface area contributed by atoms with Gasteiger partial charge in [-0.05, 0) is 30.7 Å². The number of benzene rings is 2.